The number of benzene rings is 1. The summed E-state index contributed by atoms with van der Waals surface area (Å²) in [5.74, 6) is -0.158. The first-order chi connectivity index (χ1) is 7.19. The van der Waals surface area contributed by atoms with Gasteiger partial charge in [-0.25, -0.2) is 4.39 Å². The smallest absolute Gasteiger partial charge is 0.124 e. The van der Waals surface area contributed by atoms with Crippen molar-refractivity contribution in [2.75, 3.05) is 6.54 Å². The van der Waals surface area contributed by atoms with Gasteiger partial charge in [-0.05, 0) is 53.3 Å². The van der Waals surface area contributed by atoms with E-state index in [1.807, 2.05) is 6.07 Å². The fourth-order valence-electron chi connectivity index (χ4n) is 1.69. The van der Waals surface area contributed by atoms with Crippen LogP contribution in [-0.2, 0) is 0 Å². The topological polar surface area (TPSA) is 12.0 Å². The minimum absolute atomic E-state index is 0.158. The van der Waals surface area contributed by atoms with Crippen molar-refractivity contribution >= 4 is 22.6 Å². The average molecular weight is 321 g/mol. The van der Waals surface area contributed by atoms with Gasteiger partial charge < -0.3 is 5.32 Å². The third-order valence-corrected chi connectivity index (χ3v) is 3.30. The van der Waals surface area contributed by atoms with Crippen LogP contribution in [0.1, 0.15) is 38.3 Å². The van der Waals surface area contributed by atoms with Gasteiger partial charge in [0.15, 0.2) is 0 Å². The lowest BCUT2D eigenvalue weighted by atomic mass is 10.0. The molecule has 0 radical (unpaired) electrons. The van der Waals surface area contributed by atoms with Gasteiger partial charge in [-0.1, -0.05) is 26.3 Å². The second-order valence-electron chi connectivity index (χ2n) is 3.56. The highest BCUT2D eigenvalue weighted by Gasteiger charge is 2.12. The van der Waals surface area contributed by atoms with Gasteiger partial charge in [-0.3, -0.25) is 0 Å². The molecule has 0 amide bonds. The third kappa shape index (κ3) is 3.72. The molecule has 1 aromatic carbocycles. The maximum atomic E-state index is 13.0. The Kier molecular flexibility index (Phi) is 5.53. The second-order valence-corrected chi connectivity index (χ2v) is 4.73. The van der Waals surface area contributed by atoms with Gasteiger partial charge in [0.2, 0.25) is 0 Å². The van der Waals surface area contributed by atoms with Crippen LogP contribution in [-0.4, -0.2) is 6.54 Å². The molecule has 0 saturated carbocycles. The van der Waals surface area contributed by atoms with E-state index in [0.29, 0.717) is 6.04 Å². The number of halogens is 2. The molecule has 1 nitrogen and oxygen atoms in total. The van der Waals surface area contributed by atoms with Crippen LogP contribution in [0.2, 0.25) is 0 Å². The van der Waals surface area contributed by atoms with Gasteiger partial charge >= 0.3 is 0 Å². The van der Waals surface area contributed by atoms with Crippen molar-refractivity contribution in [1.29, 1.82) is 0 Å². The van der Waals surface area contributed by atoms with E-state index in [9.17, 15) is 4.39 Å². The molecule has 1 rings (SSSR count). The molecule has 0 bridgehead atoms. The fourth-order valence-corrected chi connectivity index (χ4v) is 2.54. The van der Waals surface area contributed by atoms with E-state index in [2.05, 4.69) is 41.8 Å². The molecule has 15 heavy (non-hydrogen) atoms. The molecule has 1 atom stereocenters. The third-order valence-electron chi connectivity index (χ3n) is 2.37. The first-order valence-electron chi connectivity index (χ1n) is 5.37. The quantitative estimate of drug-likeness (QED) is 0.812. The van der Waals surface area contributed by atoms with Crippen molar-refractivity contribution < 1.29 is 4.39 Å². The van der Waals surface area contributed by atoms with Gasteiger partial charge in [0.25, 0.3) is 0 Å². The largest absolute Gasteiger partial charge is 0.310 e. The molecule has 0 aliphatic heterocycles. The molecule has 0 spiro atoms. The Morgan fingerprint density at radius 1 is 1.40 bits per heavy atom. The number of nitrogens with one attached hydrogen (secondary N) is 1. The zero-order valence-corrected chi connectivity index (χ0v) is 11.3. The maximum Gasteiger partial charge on any atom is 0.124 e. The molecule has 0 aliphatic carbocycles. The lowest BCUT2D eigenvalue weighted by Crippen LogP contribution is -2.21. The summed E-state index contributed by atoms with van der Waals surface area (Å²) in [5, 5.41) is 3.43. The van der Waals surface area contributed by atoms with E-state index < -0.39 is 0 Å². The minimum Gasteiger partial charge on any atom is -0.310 e. The minimum atomic E-state index is -0.158. The fraction of sp³-hybridized carbons (Fsp3) is 0.500. The summed E-state index contributed by atoms with van der Waals surface area (Å²) in [6.45, 7) is 5.21. The van der Waals surface area contributed by atoms with Crippen molar-refractivity contribution in [2.45, 2.75) is 32.7 Å². The number of hydrogen-bond acceptors (Lipinski definition) is 1. The van der Waals surface area contributed by atoms with Crippen LogP contribution in [0.5, 0.6) is 0 Å². The van der Waals surface area contributed by atoms with E-state index in [1.54, 1.807) is 6.07 Å². The summed E-state index contributed by atoms with van der Waals surface area (Å²) in [5.41, 5.74) is 1.21. The average Bonchev–Trinajstić information content (AvgIpc) is 2.17. The van der Waals surface area contributed by atoms with Crippen LogP contribution in [0.15, 0.2) is 18.2 Å². The zero-order chi connectivity index (χ0) is 11.3. The molecule has 0 aliphatic rings. The molecular formula is C12H17FIN. The van der Waals surface area contributed by atoms with E-state index in [-0.39, 0.29) is 5.82 Å². The number of rotatable bonds is 5. The van der Waals surface area contributed by atoms with Gasteiger partial charge in [0.05, 0.1) is 0 Å². The zero-order valence-electron chi connectivity index (χ0n) is 9.19. The first-order valence-corrected chi connectivity index (χ1v) is 6.45. The van der Waals surface area contributed by atoms with E-state index >= 15 is 0 Å². The van der Waals surface area contributed by atoms with E-state index in [4.69, 9.17) is 0 Å². The van der Waals surface area contributed by atoms with E-state index in [1.165, 1.54) is 11.6 Å². The molecule has 0 saturated heterocycles. The predicted molar refractivity (Wildman–Crippen MR) is 70.4 cm³/mol. The van der Waals surface area contributed by atoms with Crippen LogP contribution < -0.4 is 5.32 Å². The van der Waals surface area contributed by atoms with Crippen molar-refractivity contribution in [3.63, 3.8) is 0 Å². The summed E-state index contributed by atoms with van der Waals surface area (Å²) in [7, 11) is 0. The highest BCUT2D eigenvalue weighted by Crippen LogP contribution is 2.24. The van der Waals surface area contributed by atoms with Crippen LogP contribution in [0.3, 0.4) is 0 Å². The molecule has 0 heterocycles. The molecule has 0 aromatic heterocycles. The summed E-state index contributed by atoms with van der Waals surface area (Å²) in [6.07, 6.45) is 2.22. The van der Waals surface area contributed by atoms with Crippen LogP contribution in [0.4, 0.5) is 4.39 Å². The molecular weight excluding hydrogens is 304 g/mol. The van der Waals surface area contributed by atoms with Gasteiger partial charge in [-0.2, -0.15) is 0 Å². The van der Waals surface area contributed by atoms with E-state index in [0.717, 1.165) is 23.0 Å². The van der Waals surface area contributed by atoms with Crippen molar-refractivity contribution in [3.8, 4) is 0 Å². The first kappa shape index (κ1) is 12.9. The second kappa shape index (κ2) is 6.43. The highest BCUT2D eigenvalue weighted by molar-refractivity contribution is 14.1. The Bertz CT molecular complexity index is 308. The molecule has 1 N–H and O–H groups in total. The molecule has 1 aromatic rings. The van der Waals surface area contributed by atoms with Crippen LogP contribution in [0, 0.1) is 9.39 Å². The van der Waals surface area contributed by atoms with Crippen LogP contribution in [0.25, 0.3) is 0 Å². The summed E-state index contributed by atoms with van der Waals surface area (Å²) >= 11 is 2.20. The normalized spacial score (nSPS) is 12.8. The monoisotopic (exact) mass is 321 g/mol. The Balaban J connectivity index is 2.89. The maximum absolute atomic E-state index is 13.0. The van der Waals surface area contributed by atoms with Crippen molar-refractivity contribution in [2.24, 2.45) is 0 Å². The van der Waals surface area contributed by atoms with Crippen molar-refractivity contribution in [3.05, 3.63) is 33.1 Å². The Morgan fingerprint density at radius 2 is 2.13 bits per heavy atom. The highest BCUT2D eigenvalue weighted by atomic mass is 127. The van der Waals surface area contributed by atoms with Gasteiger partial charge in [0.1, 0.15) is 5.82 Å². The summed E-state index contributed by atoms with van der Waals surface area (Å²) in [4.78, 5) is 0. The molecule has 84 valence electrons. The van der Waals surface area contributed by atoms with Crippen molar-refractivity contribution in [1.82, 2.24) is 5.32 Å². The molecule has 1 unspecified atom stereocenters. The molecule has 0 fully saturated rings. The SMILES string of the molecule is CCCC(NCC)c1ccc(F)cc1I. The Hall–Kier alpha value is -0.160. The summed E-state index contributed by atoms with van der Waals surface area (Å²) in [6, 6.07) is 5.38. The van der Waals surface area contributed by atoms with Gasteiger partial charge in [-0.15, -0.1) is 0 Å². The Morgan fingerprint density at radius 3 is 2.67 bits per heavy atom. The molecule has 3 heteroatoms. The lowest BCUT2D eigenvalue weighted by molar-refractivity contribution is 0.506. The summed E-state index contributed by atoms with van der Waals surface area (Å²) < 4.78 is 14.0. The lowest BCUT2D eigenvalue weighted by Gasteiger charge is -2.19. The standard InChI is InChI=1S/C12H17FIN/c1-3-5-12(15-4-2)10-7-6-9(13)8-11(10)14/h6-8,12,15H,3-5H2,1-2H3. The predicted octanol–water partition coefficient (Wildman–Crippen LogP) is 3.88. The van der Waals surface area contributed by atoms with Crippen LogP contribution >= 0.6 is 22.6 Å². The Labute approximate surface area is 105 Å². The number of hydrogen-bond donors (Lipinski definition) is 1. The van der Waals surface area contributed by atoms with Gasteiger partial charge in [0, 0.05) is 9.61 Å².